The minimum atomic E-state index is -4.89. The molecule has 0 aliphatic carbocycles. The minimum Gasteiger partial charge on any atom is -0.394 e. The molecular formula is C24H25N2O9P. The van der Waals surface area contributed by atoms with Crippen molar-refractivity contribution < 1.29 is 33.1 Å². The largest absolute Gasteiger partial charge is 0.473 e. The van der Waals surface area contributed by atoms with E-state index in [9.17, 15) is 28.9 Å². The molecule has 11 nitrogen and oxygen atoms in total. The number of hydrogen-bond donors (Lipinski definition) is 3. The maximum atomic E-state index is 13.2. The molecule has 0 radical (unpaired) electrons. The third kappa shape index (κ3) is 5.79. The molecule has 0 amide bonds. The Bertz CT molecular complexity index is 1370. The number of nitrogens with zero attached hydrogens (tertiary/aromatic N) is 1. The number of carbonyl (C=O) groups excluding carboxylic acids is 1. The van der Waals surface area contributed by atoms with Gasteiger partial charge in [-0.2, -0.15) is 0 Å². The van der Waals surface area contributed by atoms with E-state index in [-0.39, 0.29) is 17.5 Å². The van der Waals surface area contributed by atoms with E-state index in [4.69, 9.17) is 13.8 Å². The van der Waals surface area contributed by atoms with E-state index in [1.165, 1.54) is 13.1 Å². The lowest BCUT2D eigenvalue weighted by Crippen LogP contribution is -2.33. The van der Waals surface area contributed by atoms with Crippen LogP contribution in [-0.2, 0) is 18.3 Å². The zero-order chi connectivity index (χ0) is 25.9. The van der Waals surface area contributed by atoms with Crippen LogP contribution in [0, 0.1) is 6.92 Å². The number of benzene rings is 2. The summed E-state index contributed by atoms with van der Waals surface area (Å²) in [5.74, 6) is -0.547. The highest BCUT2D eigenvalue weighted by atomic mass is 31.2. The van der Waals surface area contributed by atoms with E-state index in [0.717, 1.165) is 4.57 Å². The van der Waals surface area contributed by atoms with Crippen LogP contribution in [0.1, 0.15) is 40.2 Å². The van der Waals surface area contributed by atoms with Crippen LogP contribution in [0.3, 0.4) is 0 Å². The topological polar surface area (TPSA) is 157 Å². The molecule has 5 atom stereocenters. The van der Waals surface area contributed by atoms with E-state index in [1.54, 1.807) is 60.7 Å². The number of aryl methyl sites for hydroxylation is 1. The van der Waals surface area contributed by atoms with Gasteiger partial charge in [-0.05, 0) is 12.5 Å². The second kappa shape index (κ2) is 10.8. The quantitative estimate of drug-likeness (QED) is 0.287. The number of hydrogen-bond acceptors (Lipinski definition) is 8. The van der Waals surface area contributed by atoms with Crippen molar-refractivity contribution in [1.82, 2.24) is 9.55 Å². The van der Waals surface area contributed by atoms with E-state index in [1.807, 2.05) is 0 Å². The Balaban J connectivity index is 1.56. The summed E-state index contributed by atoms with van der Waals surface area (Å²) in [6.07, 6.45) is -3.46. The van der Waals surface area contributed by atoms with Gasteiger partial charge in [0.15, 0.2) is 11.9 Å². The number of phosphoric acid groups is 1. The molecule has 0 spiro atoms. The summed E-state index contributed by atoms with van der Waals surface area (Å²) in [5.41, 5.74) is -0.419. The fourth-order valence-corrected chi connectivity index (χ4v) is 5.01. The highest BCUT2D eigenvalue weighted by molar-refractivity contribution is 7.47. The first-order valence-corrected chi connectivity index (χ1v) is 12.6. The van der Waals surface area contributed by atoms with Gasteiger partial charge in [-0.15, -0.1) is 0 Å². The lowest BCUT2D eigenvalue weighted by atomic mass is 10.0. The fourth-order valence-electron chi connectivity index (χ4n) is 3.92. The van der Waals surface area contributed by atoms with Gasteiger partial charge in [-0.1, -0.05) is 60.7 Å². The number of rotatable bonds is 9. The van der Waals surface area contributed by atoms with Gasteiger partial charge in [0, 0.05) is 23.7 Å². The van der Waals surface area contributed by atoms with Crippen LogP contribution in [0.25, 0.3) is 0 Å². The molecule has 36 heavy (non-hydrogen) atoms. The molecule has 0 bridgehead atoms. The van der Waals surface area contributed by atoms with Gasteiger partial charge in [0.05, 0.1) is 6.61 Å². The summed E-state index contributed by atoms with van der Waals surface area (Å²) in [5, 5.41) is 9.75. The highest BCUT2D eigenvalue weighted by Gasteiger charge is 2.43. The highest BCUT2D eigenvalue weighted by Crippen LogP contribution is 2.52. The molecule has 0 saturated carbocycles. The second-order valence-corrected chi connectivity index (χ2v) is 9.62. The maximum absolute atomic E-state index is 13.2. The average molecular weight is 516 g/mol. The SMILES string of the molecule is Cc1cn([C@H]2C[C@H](OP(=O)(O)OC(C(=O)c3ccccc3)c3ccccc3)[C@@H](CO)O2)c(=O)[nH]c1=O. The van der Waals surface area contributed by atoms with Crippen molar-refractivity contribution in [2.45, 2.75) is 37.9 Å². The Morgan fingerprint density at radius 3 is 2.44 bits per heavy atom. The number of H-pyrrole nitrogens is 1. The lowest BCUT2D eigenvalue weighted by molar-refractivity contribution is -0.0473. The van der Waals surface area contributed by atoms with Crippen molar-refractivity contribution in [2.75, 3.05) is 6.61 Å². The number of nitrogens with one attached hydrogen (secondary N) is 1. The smallest absolute Gasteiger partial charge is 0.394 e. The van der Waals surface area contributed by atoms with E-state index in [2.05, 4.69) is 4.98 Å². The average Bonchev–Trinajstić information content (AvgIpc) is 3.27. The van der Waals surface area contributed by atoms with Crippen LogP contribution in [-0.4, -0.2) is 44.1 Å². The van der Waals surface area contributed by atoms with Crippen molar-refractivity contribution in [1.29, 1.82) is 0 Å². The third-order valence-corrected chi connectivity index (χ3v) is 6.74. The first kappa shape index (κ1) is 25.9. The number of ether oxygens (including phenoxy) is 1. The van der Waals surface area contributed by atoms with Gasteiger partial charge in [0.25, 0.3) is 5.56 Å². The van der Waals surface area contributed by atoms with Crippen LogP contribution >= 0.6 is 7.82 Å². The zero-order valence-corrected chi connectivity index (χ0v) is 20.1. The van der Waals surface area contributed by atoms with Crippen molar-refractivity contribution in [2.24, 2.45) is 0 Å². The summed E-state index contributed by atoms with van der Waals surface area (Å²) in [6, 6.07) is 16.4. The first-order chi connectivity index (χ1) is 17.2. The number of aliphatic hydroxyl groups is 1. The standard InChI is InChI=1S/C24H25N2O9P/c1-15-13-26(24(30)25-23(15)29)20-12-18(19(14-27)33-20)34-36(31,32)35-22(17-10-6-3-7-11-17)21(28)16-8-4-2-5-9-16/h2-11,13,18-20,22,27H,12,14H2,1H3,(H,31,32)(H,25,29,30)/t18-,19+,20+,22?/m0/s1. The van der Waals surface area contributed by atoms with Gasteiger partial charge in [0.1, 0.15) is 18.4 Å². The van der Waals surface area contributed by atoms with Crippen molar-refractivity contribution in [3.8, 4) is 0 Å². The van der Waals surface area contributed by atoms with Gasteiger partial charge in [0.2, 0.25) is 0 Å². The Labute approximate surface area is 205 Å². The van der Waals surface area contributed by atoms with Gasteiger partial charge >= 0.3 is 13.5 Å². The van der Waals surface area contributed by atoms with E-state index in [0.29, 0.717) is 5.56 Å². The molecular weight excluding hydrogens is 491 g/mol. The predicted molar refractivity (Wildman–Crippen MR) is 127 cm³/mol. The number of phosphoric ester groups is 1. The maximum Gasteiger partial charge on any atom is 0.473 e. The summed E-state index contributed by atoms with van der Waals surface area (Å²) in [4.78, 5) is 49.8. The Hall–Kier alpha value is -3.18. The zero-order valence-electron chi connectivity index (χ0n) is 19.2. The van der Waals surface area contributed by atoms with Crippen LogP contribution < -0.4 is 11.2 Å². The number of ketones is 1. The molecule has 12 heteroatoms. The summed E-state index contributed by atoms with van der Waals surface area (Å²) in [7, 11) is -4.89. The third-order valence-electron chi connectivity index (χ3n) is 5.72. The van der Waals surface area contributed by atoms with Crippen molar-refractivity contribution >= 4 is 13.6 Å². The second-order valence-electron chi connectivity index (χ2n) is 8.26. The first-order valence-electron chi connectivity index (χ1n) is 11.1. The monoisotopic (exact) mass is 516 g/mol. The van der Waals surface area contributed by atoms with Crippen LogP contribution in [0.2, 0.25) is 0 Å². The van der Waals surface area contributed by atoms with Gasteiger partial charge in [-0.3, -0.25) is 28.2 Å². The number of Topliss-reactive ketones (excluding diaryl/α,β-unsaturated/α-hetero) is 1. The van der Waals surface area contributed by atoms with Gasteiger partial charge in [-0.25, -0.2) is 9.36 Å². The Kier molecular flexibility index (Phi) is 7.79. The molecule has 2 unspecified atom stereocenters. The minimum absolute atomic E-state index is 0.104. The van der Waals surface area contributed by atoms with Crippen molar-refractivity contribution in [3.63, 3.8) is 0 Å². The summed E-state index contributed by atoms with van der Waals surface area (Å²) < 4.78 is 30.6. The number of aromatic nitrogens is 2. The van der Waals surface area contributed by atoms with Crippen LogP contribution in [0.15, 0.2) is 76.4 Å². The molecule has 1 aliphatic heterocycles. The predicted octanol–water partition coefficient (Wildman–Crippen LogP) is 2.25. The molecule has 1 aliphatic rings. The fraction of sp³-hybridized carbons (Fsp3) is 0.292. The van der Waals surface area contributed by atoms with Gasteiger partial charge < -0.3 is 14.7 Å². The Morgan fingerprint density at radius 1 is 1.17 bits per heavy atom. The summed E-state index contributed by atoms with van der Waals surface area (Å²) in [6.45, 7) is 0.924. The van der Waals surface area contributed by atoms with E-state index >= 15 is 0 Å². The van der Waals surface area contributed by atoms with Crippen LogP contribution in [0.4, 0.5) is 0 Å². The number of aromatic amines is 1. The van der Waals surface area contributed by atoms with E-state index < -0.39 is 56.0 Å². The lowest BCUT2D eigenvalue weighted by Gasteiger charge is -2.24. The number of aliphatic hydroxyl groups excluding tert-OH is 1. The normalized spacial score (nSPS) is 22.1. The molecule has 1 saturated heterocycles. The molecule has 3 N–H and O–H groups in total. The summed E-state index contributed by atoms with van der Waals surface area (Å²) >= 11 is 0. The number of carbonyl (C=O) groups is 1. The molecule has 3 aromatic rings. The molecule has 190 valence electrons. The van der Waals surface area contributed by atoms with Crippen molar-refractivity contribution in [3.05, 3.63) is 104 Å². The van der Waals surface area contributed by atoms with Crippen LogP contribution in [0.5, 0.6) is 0 Å². The molecule has 2 aromatic carbocycles. The molecule has 1 fully saturated rings. The molecule has 2 heterocycles. The molecule has 4 rings (SSSR count). The Morgan fingerprint density at radius 2 is 1.81 bits per heavy atom. The molecule has 1 aromatic heterocycles.